The maximum atomic E-state index is 11.6. The smallest absolute Gasteiger partial charge is 0.409 e. The number of hydrogen-bond acceptors (Lipinski definition) is 2. The van der Waals surface area contributed by atoms with Gasteiger partial charge in [0.15, 0.2) is 0 Å². The average Bonchev–Trinajstić information content (AvgIpc) is 2.75. The molecule has 18 heavy (non-hydrogen) atoms. The number of aromatic nitrogens is 1. The van der Waals surface area contributed by atoms with E-state index in [1.54, 1.807) is 4.90 Å². The minimum atomic E-state index is -0.281. The lowest BCUT2D eigenvalue weighted by atomic mass is 10.1. The quantitative estimate of drug-likeness (QED) is 0.795. The van der Waals surface area contributed by atoms with Gasteiger partial charge < -0.3 is 14.6 Å². The zero-order valence-corrected chi connectivity index (χ0v) is 10.8. The lowest BCUT2D eigenvalue weighted by Crippen LogP contribution is -2.35. The Hall–Kier alpha value is -1.68. The third-order valence-electron chi connectivity index (χ3n) is 3.37. The molecule has 4 nitrogen and oxygen atoms in total. The number of nitrogens with zero attached hydrogens (tertiary/aromatic N) is 1. The van der Waals surface area contributed by atoms with Gasteiger partial charge in [0.25, 0.3) is 0 Å². The van der Waals surface area contributed by atoms with Gasteiger partial charge in [0.2, 0.25) is 0 Å². The van der Waals surface area contributed by atoms with E-state index in [0.29, 0.717) is 18.1 Å². The van der Waals surface area contributed by atoms with Crippen molar-refractivity contribution in [2.45, 2.75) is 13.0 Å². The van der Waals surface area contributed by atoms with Gasteiger partial charge in [-0.1, -0.05) is 11.6 Å². The van der Waals surface area contributed by atoms with E-state index < -0.39 is 0 Å². The zero-order valence-electron chi connectivity index (χ0n) is 10.00. The number of amides is 1. The summed E-state index contributed by atoms with van der Waals surface area (Å²) in [5.41, 5.74) is 3.40. The van der Waals surface area contributed by atoms with Crippen LogP contribution in [0.3, 0.4) is 0 Å². The molecule has 0 fully saturated rings. The number of benzene rings is 1. The van der Waals surface area contributed by atoms with Crippen LogP contribution in [0.4, 0.5) is 4.79 Å². The van der Waals surface area contributed by atoms with Crippen LogP contribution in [0.25, 0.3) is 10.9 Å². The van der Waals surface area contributed by atoms with Gasteiger partial charge in [0.05, 0.1) is 13.7 Å². The Labute approximate surface area is 109 Å². The molecule has 0 spiro atoms. The van der Waals surface area contributed by atoms with E-state index in [9.17, 15) is 4.79 Å². The van der Waals surface area contributed by atoms with Crippen molar-refractivity contribution in [2.75, 3.05) is 13.7 Å². The molecule has 0 saturated carbocycles. The van der Waals surface area contributed by atoms with Crippen molar-refractivity contribution in [2.24, 2.45) is 0 Å². The summed E-state index contributed by atoms with van der Waals surface area (Å²) >= 11 is 6.03. The molecule has 1 aliphatic heterocycles. The number of aromatic amines is 1. The van der Waals surface area contributed by atoms with Crippen LogP contribution in [0.2, 0.25) is 5.02 Å². The van der Waals surface area contributed by atoms with Gasteiger partial charge in [-0.25, -0.2) is 4.79 Å². The standard InChI is InChI=1S/C13H13ClN2O2/c1-18-13(17)16-5-4-12-10(7-16)9-6-8(14)2-3-11(9)15-12/h2-3,6,15H,4-5,7H2,1H3. The predicted molar refractivity (Wildman–Crippen MR) is 69.8 cm³/mol. The van der Waals surface area contributed by atoms with Gasteiger partial charge >= 0.3 is 6.09 Å². The summed E-state index contributed by atoms with van der Waals surface area (Å²) in [6.45, 7) is 1.25. The van der Waals surface area contributed by atoms with Gasteiger partial charge in [-0.05, 0) is 18.2 Å². The number of carbonyl (C=O) groups is 1. The Bertz CT molecular complexity index is 621. The van der Waals surface area contributed by atoms with E-state index in [-0.39, 0.29) is 6.09 Å². The molecule has 0 saturated heterocycles. The molecule has 0 aliphatic carbocycles. The van der Waals surface area contributed by atoms with Crippen LogP contribution in [0.1, 0.15) is 11.3 Å². The molecule has 3 rings (SSSR count). The van der Waals surface area contributed by atoms with Crippen LogP contribution < -0.4 is 0 Å². The molecule has 1 aliphatic rings. The first kappa shape index (κ1) is 11.4. The molecule has 2 aromatic rings. The molecule has 94 valence electrons. The van der Waals surface area contributed by atoms with Gasteiger partial charge in [-0.15, -0.1) is 0 Å². The number of H-pyrrole nitrogens is 1. The molecule has 1 N–H and O–H groups in total. The summed E-state index contributed by atoms with van der Waals surface area (Å²) in [4.78, 5) is 16.7. The Morgan fingerprint density at radius 3 is 3.11 bits per heavy atom. The predicted octanol–water partition coefficient (Wildman–Crippen LogP) is 2.95. The van der Waals surface area contributed by atoms with E-state index >= 15 is 0 Å². The van der Waals surface area contributed by atoms with Crippen molar-refractivity contribution in [3.8, 4) is 0 Å². The summed E-state index contributed by atoms with van der Waals surface area (Å²) in [6, 6.07) is 5.77. The molecular weight excluding hydrogens is 252 g/mol. The Kier molecular flexibility index (Phi) is 2.67. The molecular formula is C13H13ClN2O2. The highest BCUT2D eigenvalue weighted by molar-refractivity contribution is 6.31. The molecule has 2 heterocycles. The van der Waals surface area contributed by atoms with Crippen LogP contribution >= 0.6 is 11.6 Å². The third-order valence-corrected chi connectivity index (χ3v) is 3.61. The number of nitrogens with one attached hydrogen (secondary N) is 1. The van der Waals surface area contributed by atoms with Gasteiger partial charge in [0, 0.05) is 40.1 Å². The second-order valence-electron chi connectivity index (χ2n) is 4.41. The summed E-state index contributed by atoms with van der Waals surface area (Å²) in [6.07, 6.45) is 0.536. The average molecular weight is 265 g/mol. The fourth-order valence-electron chi connectivity index (χ4n) is 2.47. The Morgan fingerprint density at radius 2 is 2.33 bits per heavy atom. The zero-order chi connectivity index (χ0) is 12.7. The monoisotopic (exact) mass is 264 g/mol. The number of carbonyl (C=O) groups excluding carboxylic acids is 1. The molecule has 5 heteroatoms. The van der Waals surface area contributed by atoms with Crippen LogP contribution in [-0.2, 0) is 17.7 Å². The van der Waals surface area contributed by atoms with E-state index in [4.69, 9.17) is 16.3 Å². The number of rotatable bonds is 0. The highest BCUT2D eigenvalue weighted by Crippen LogP contribution is 2.29. The summed E-state index contributed by atoms with van der Waals surface area (Å²) in [5.74, 6) is 0. The molecule has 1 aromatic carbocycles. The molecule has 0 atom stereocenters. The fraction of sp³-hybridized carbons (Fsp3) is 0.308. The Morgan fingerprint density at radius 1 is 1.50 bits per heavy atom. The van der Waals surface area contributed by atoms with Crippen LogP contribution in [-0.4, -0.2) is 29.6 Å². The van der Waals surface area contributed by atoms with Crippen molar-refractivity contribution in [1.29, 1.82) is 0 Å². The van der Waals surface area contributed by atoms with Crippen molar-refractivity contribution in [3.05, 3.63) is 34.5 Å². The van der Waals surface area contributed by atoms with Crippen LogP contribution in [0.15, 0.2) is 18.2 Å². The minimum Gasteiger partial charge on any atom is -0.453 e. The van der Waals surface area contributed by atoms with E-state index in [1.807, 2.05) is 18.2 Å². The first-order valence-electron chi connectivity index (χ1n) is 5.81. The summed E-state index contributed by atoms with van der Waals surface area (Å²) in [5, 5.41) is 1.80. The lowest BCUT2D eigenvalue weighted by molar-refractivity contribution is 0.119. The molecule has 1 aromatic heterocycles. The molecule has 0 radical (unpaired) electrons. The number of methoxy groups -OCH3 is 1. The van der Waals surface area contributed by atoms with Gasteiger partial charge in [-0.2, -0.15) is 0 Å². The molecule has 0 unspecified atom stereocenters. The number of halogens is 1. The topological polar surface area (TPSA) is 45.3 Å². The fourth-order valence-corrected chi connectivity index (χ4v) is 2.64. The maximum Gasteiger partial charge on any atom is 0.409 e. The summed E-state index contributed by atoms with van der Waals surface area (Å²) in [7, 11) is 1.41. The molecule has 1 amide bonds. The highest BCUT2D eigenvalue weighted by Gasteiger charge is 2.24. The van der Waals surface area contributed by atoms with Crippen molar-refractivity contribution in [3.63, 3.8) is 0 Å². The largest absolute Gasteiger partial charge is 0.453 e. The number of fused-ring (bicyclic) bond motifs is 3. The Balaban J connectivity index is 2.05. The maximum absolute atomic E-state index is 11.6. The summed E-state index contributed by atoms with van der Waals surface area (Å²) < 4.78 is 4.77. The normalized spacial score (nSPS) is 14.7. The number of ether oxygens (including phenoxy) is 1. The third kappa shape index (κ3) is 1.73. The van der Waals surface area contributed by atoms with Crippen LogP contribution in [0, 0.1) is 0 Å². The van der Waals surface area contributed by atoms with Crippen molar-refractivity contribution in [1.82, 2.24) is 9.88 Å². The lowest BCUT2D eigenvalue weighted by Gasteiger charge is -2.25. The molecule has 0 bridgehead atoms. The van der Waals surface area contributed by atoms with E-state index in [0.717, 1.165) is 22.9 Å². The van der Waals surface area contributed by atoms with Gasteiger partial charge in [0.1, 0.15) is 0 Å². The van der Waals surface area contributed by atoms with Gasteiger partial charge in [-0.3, -0.25) is 0 Å². The van der Waals surface area contributed by atoms with E-state index in [2.05, 4.69) is 4.98 Å². The first-order chi connectivity index (χ1) is 8.69. The van der Waals surface area contributed by atoms with E-state index in [1.165, 1.54) is 12.8 Å². The number of hydrogen-bond donors (Lipinski definition) is 1. The van der Waals surface area contributed by atoms with Crippen LogP contribution in [0.5, 0.6) is 0 Å². The van der Waals surface area contributed by atoms with Crippen molar-refractivity contribution >= 4 is 28.6 Å². The first-order valence-corrected chi connectivity index (χ1v) is 6.18. The second-order valence-corrected chi connectivity index (χ2v) is 4.85. The highest BCUT2D eigenvalue weighted by atomic mass is 35.5. The SMILES string of the molecule is COC(=O)N1CCc2[nH]c3ccc(Cl)cc3c2C1. The van der Waals surface area contributed by atoms with Crippen molar-refractivity contribution < 1.29 is 9.53 Å². The second kappa shape index (κ2) is 4.21. The minimum absolute atomic E-state index is 0.281.